The van der Waals surface area contributed by atoms with Gasteiger partial charge in [-0.05, 0) is 43.9 Å². The van der Waals surface area contributed by atoms with E-state index in [1.807, 2.05) is 37.2 Å². The number of aromatic nitrogens is 5. The predicted octanol–water partition coefficient (Wildman–Crippen LogP) is 2.60. The van der Waals surface area contributed by atoms with Gasteiger partial charge in [0.05, 0.1) is 24.5 Å². The molecule has 3 heterocycles. The van der Waals surface area contributed by atoms with Gasteiger partial charge in [0.25, 0.3) is 5.91 Å². The molecule has 0 saturated heterocycles. The fourth-order valence-corrected chi connectivity index (χ4v) is 3.44. The van der Waals surface area contributed by atoms with E-state index in [2.05, 4.69) is 33.5 Å². The Hall–Kier alpha value is -2.96. The van der Waals surface area contributed by atoms with Crippen molar-refractivity contribution in [3.8, 4) is 11.1 Å². The first kappa shape index (κ1) is 17.5. The standard InChI is InChI=1S/C20H24N6O/c1-13-10-21-7-6-16(13)18-12-24-26(19(18)15-4-5-15)9-8-22-20(27)17-11-23-25(3)14(17)2/h6-7,10-12,15H,4-5,8-9H2,1-3H3,(H,22,27). The van der Waals surface area contributed by atoms with Crippen LogP contribution < -0.4 is 5.32 Å². The normalized spacial score (nSPS) is 13.7. The highest BCUT2D eigenvalue weighted by Crippen LogP contribution is 2.44. The van der Waals surface area contributed by atoms with E-state index in [-0.39, 0.29) is 5.91 Å². The number of rotatable bonds is 6. The molecule has 0 atom stereocenters. The third kappa shape index (κ3) is 3.37. The number of amides is 1. The van der Waals surface area contributed by atoms with Crippen LogP contribution >= 0.6 is 0 Å². The Bertz CT molecular complexity index is 982. The van der Waals surface area contributed by atoms with Crippen molar-refractivity contribution < 1.29 is 4.79 Å². The number of nitrogens with zero attached hydrogens (tertiary/aromatic N) is 5. The van der Waals surface area contributed by atoms with Crippen LogP contribution in [0.5, 0.6) is 0 Å². The minimum Gasteiger partial charge on any atom is -0.350 e. The summed E-state index contributed by atoms with van der Waals surface area (Å²) in [6.07, 6.45) is 9.67. The summed E-state index contributed by atoms with van der Waals surface area (Å²) in [6, 6.07) is 2.05. The molecule has 3 aromatic heterocycles. The van der Waals surface area contributed by atoms with Gasteiger partial charge in [0.15, 0.2) is 0 Å². The lowest BCUT2D eigenvalue weighted by molar-refractivity contribution is 0.0951. The van der Waals surface area contributed by atoms with Crippen molar-refractivity contribution in [3.05, 3.63) is 53.4 Å². The van der Waals surface area contributed by atoms with E-state index < -0.39 is 0 Å². The Balaban J connectivity index is 1.49. The summed E-state index contributed by atoms with van der Waals surface area (Å²) in [5.41, 5.74) is 6.28. The minimum atomic E-state index is -0.0917. The van der Waals surface area contributed by atoms with Gasteiger partial charge in [0.1, 0.15) is 0 Å². The molecule has 0 aromatic carbocycles. The van der Waals surface area contributed by atoms with Crippen molar-refractivity contribution >= 4 is 5.91 Å². The maximum atomic E-state index is 12.4. The zero-order chi connectivity index (χ0) is 19.0. The van der Waals surface area contributed by atoms with Crippen LogP contribution in [0.15, 0.2) is 30.9 Å². The first-order valence-electron chi connectivity index (χ1n) is 9.29. The van der Waals surface area contributed by atoms with E-state index in [4.69, 9.17) is 0 Å². The van der Waals surface area contributed by atoms with Crippen LogP contribution in [0.3, 0.4) is 0 Å². The van der Waals surface area contributed by atoms with Gasteiger partial charge in [0.2, 0.25) is 0 Å². The average Bonchev–Trinajstić information content (AvgIpc) is 3.33. The minimum absolute atomic E-state index is 0.0917. The second-order valence-corrected chi connectivity index (χ2v) is 7.15. The first-order chi connectivity index (χ1) is 13.1. The molecular weight excluding hydrogens is 340 g/mol. The maximum Gasteiger partial charge on any atom is 0.254 e. The number of carbonyl (C=O) groups excluding carboxylic acids is 1. The number of nitrogens with one attached hydrogen (secondary N) is 1. The molecule has 4 rings (SSSR count). The number of aryl methyl sites for hydroxylation is 2. The summed E-state index contributed by atoms with van der Waals surface area (Å²) >= 11 is 0. The van der Waals surface area contributed by atoms with Gasteiger partial charge in [-0.1, -0.05) is 0 Å². The Morgan fingerprint density at radius 2 is 2.00 bits per heavy atom. The molecule has 0 bridgehead atoms. The average molecular weight is 364 g/mol. The van der Waals surface area contributed by atoms with E-state index in [9.17, 15) is 4.79 Å². The summed E-state index contributed by atoms with van der Waals surface area (Å²) in [5, 5.41) is 11.7. The second kappa shape index (κ2) is 6.98. The van der Waals surface area contributed by atoms with Gasteiger partial charge in [-0.3, -0.25) is 19.1 Å². The van der Waals surface area contributed by atoms with Gasteiger partial charge < -0.3 is 5.32 Å². The first-order valence-corrected chi connectivity index (χ1v) is 9.29. The third-order valence-corrected chi connectivity index (χ3v) is 5.24. The fourth-order valence-electron chi connectivity index (χ4n) is 3.44. The summed E-state index contributed by atoms with van der Waals surface area (Å²) in [5.74, 6) is 0.470. The van der Waals surface area contributed by atoms with Crippen LogP contribution in [0.4, 0.5) is 0 Å². The maximum absolute atomic E-state index is 12.4. The van der Waals surface area contributed by atoms with E-state index in [0.717, 1.165) is 11.3 Å². The van der Waals surface area contributed by atoms with Gasteiger partial charge in [-0.2, -0.15) is 10.2 Å². The monoisotopic (exact) mass is 364 g/mol. The molecule has 1 fully saturated rings. The molecule has 0 radical (unpaired) electrons. The van der Waals surface area contributed by atoms with Crippen molar-refractivity contribution in [3.63, 3.8) is 0 Å². The zero-order valence-electron chi connectivity index (χ0n) is 15.9. The molecule has 3 aromatic rings. The van der Waals surface area contributed by atoms with Crippen molar-refractivity contribution in [1.82, 2.24) is 29.9 Å². The highest BCUT2D eigenvalue weighted by molar-refractivity contribution is 5.94. The number of hydrogen-bond acceptors (Lipinski definition) is 4. The molecule has 7 heteroatoms. The van der Waals surface area contributed by atoms with Gasteiger partial charge in [0, 0.05) is 48.9 Å². The molecule has 27 heavy (non-hydrogen) atoms. The number of hydrogen-bond donors (Lipinski definition) is 1. The molecule has 7 nitrogen and oxygen atoms in total. The van der Waals surface area contributed by atoms with Crippen LogP contribution in [0.1, 0.15) is 46.1 Å². The molecule has 1 saturated carbocycles. The highest BCUT2D eigenvalue weighted by Gasteiger charge is 2.31. The Kier molecular flexibility index (Phi) is 4.51. The SMILES string of the molecule is Cc1cnccc1-c1cnn(CCNC(=O)c2cnn(C)c2C)c1C1CC1. The quantitative estimate of drug-likeness (QED) is 0.729. The van der Waals surface area contributed by atoms with E-state index in [1.165, 1.54) is 29.7 Å². The summed E-state index contributed by atoms with van der Waals surface area (Å²) in [7, 11) is 1.83. The summed E-state index contributed by atoms with van der Waals surface area (Å²) < 4.78 is 3.75. The highest BCUT2D eigenvalue weighted by atomic mass is 16.1. The van der Waals surface area contributed by atoms with Crippen LogP contribution in [-0.2, 0) is 13.6 Å². The van der Waals surface area contributed by atoms with Crippen LogP contribution in [-0.4, -0.2) is 37.0 Å². The molecule has 1 N–H and O–H groups in total. The summed E-state index contributed by atoms with van der Waals surface area (Å²) in [6.45, 7) is 5.15. The molecule has 1 aliphatic carbocycles. The second-order valence-electron chi connectivity index (χ2n) is 7.15. The Morgan fingerprint density at radius 1 is 1.19 bits per heavy atom. The molecule has 0 unspecified atom stereocenters. The molecule has 140 valence electrons. The van der Waals surface area contributed by atoms with E-state index in [1.54, 1.807) is 10.9 Å². The Morgan fingerprint density at radius 3 is 2.67 bits per heavy atom. The summed E-state index contributed by atoms with van der Waals surface area (Å²) in [4.78, 5) is 16.6. The van der Waals surface area contributed by atoms with Crippen LogP contribution in [0.2, 0.25) is 0 Å². The van der Waals surface area contributed by atoms with Gasteiger partial charge in [-0.15, -0.1) is 0 Å². The van der Waals surface area contributed by atoms with Crippen molar-refractivity contribution in [1.29, 1.82) is 0 Å². The predicted molar refractivity (Wildman–Crippen MR) is 102 cm³/mol. The van der Waals surface area contributed by atoms with E-state index >= 15 is 0 Å². The van der Waals surface area contributed by atoms with Gasteiger partial charge >= 0.3 is 0 Å². The zero-order valence-corrected chi connectivity index (χ0v) is 15.9. The lowest BCUT2D eigenvalue weighted by Gasteiger charge is -2.11. The molecular formula is C20H24N6O. The third-order valence-electron chi connectivity index (χ3n) is 5.24. The van der Waals surface area contributed by atoms with Gasteiger partial charge in [-0.25, -0.2) is 0 Å². The van der Waals surface area contributed by atoms with Crippen LogP contribution in [0, 0.1) is 13.8 Å². The molecule has 1 amide bonds. The molecule has 0 aliphatic heterocycles. The largest absolute Gasteiger partial charge is 0.350 e. The Labute approximate surface area is 158 Å². The lowest BCUT2D eigenvalue weighted by Crippen LogP contribution is -2.28. The van der Waals surface area contributed by atoms with E-state index in [0.29, 0.717) is 24.6 Å². The van der Waals surface area contributed by atoms with Crippen molar-refractivity contribution in [2.24, 2.45) is 7.05 Å². The van der Waals surface area contributed by atoms with Crippen molar-refractivity contribution in [2.45, 2.75) is 39.2 Å². The molecule has 1 aliphatic rings. The topological polar surface area (TPSA) is 77.6 Å². The number of pyridine rings is 1. The fraction of sp³-hybridized carbons (Fsp3) is 0.400. The lowest BCUT2D eigenvalue weighted by atomic mass is 10.0. The number of carbonyl (C=O) groups is 1. The van der Waals surface area contributed by atoms with Crippen LogP contribution in [0.25, 0.3) is 11.1 Å². The smallest absolute Gasteiger partial charge is 0.254 e. The van der Waals surface area contributed by atoms with Crippen molar-refractivity contribution in [2.75, 3.05) is 6.54 Å². The molecule has 0 spiro atoms.